The molecule has 0 heterocycles. The molecule has 0 aliphatic rings. The van der Waals surface area contributed by atoms with Gasteiger partial charge in [0.25, 0.3) is 0 Å². The number of carbonyl (C=O) groups excluding carboxylic acids is 2. The molecule has 0 aliphatic heterocycles. The normalized spacial score (nSPS) is 12.3. The predicted octanol–water partition coefficient (Wildman–Crippen LogP) is 6.13. The molecule has 0 amide bonds. The first-order valence-electron chi connectivity index (χ1n) is 10.5. The number of unbranched alkanes of at least 4 members (excludes halogenated alkanes) is 10. The summed E-state index contributed by atoms with van der Waals surface area (Å²) in [4.78, 5) is 21.9. The zero-order valence-corrected chi connectivity index (χ0v) is 17.3. The Morgan fingerprint density at radius 3 is 2.08 bits per heavy atom. The van der Waals surface area contributed by atoms with Crippen LogP contribution in [-0.2, 0) is 19.1 Å². The van der Waals surface area contributed by atoms with Gasteiger partial charge in [-0.15, -0.1) is 0 Å². The van der Waals surface area contributed by atoms with Crippen LogP contribution in [0, 0.1) is 0 Å². The number of hydrogen-bond donors (Lipinski definition) is 0. The summed E-state index contributed by atoms with van der Waals surface area (Å²) in [6.45, 7) is 5.67. The summed E-state index contributed by atoms with van der Waals surface area (Å²) in [5.41, 5.74) is 0. The van der Waals surface area contributed by atoms with Gasteiger partial charge in [-0.2, -0.15) is 0 Å². The second kappa shape index (κ2) is 18.5. The average molecular weight is 369 g/mol. The van der Waals surface area contributed by atoms with E-state index < -0.39 is 0 Å². The van der Waals surface area contributed by atoms with Crippen LogP contribution in [0.25, 0.3) is 0 Å². The topological polar surface area (TPSA) is 52.6 Å². The molecule has 26 heavy (non-hydrogen) atoms. The summed E-state index contributed by atoms with van der Waals surface area (Å²) in [5.74, 6) is -0.414. The third-order valence-corrected chi connectivity index (χ3v) is 4.33. The highest BCUT2D eigenvalue weighted by Crippen LogP contribution is 2.13. The Labute approximate surface area is 160 Å². The van der Waals surface area contributed by atoms with Crippen LogP contribution in [0.1, 0.15) is 104 Å². The zero-order chi connectivity index (χ0) is 19.5. The molecule has 0 aromatic carbocycles. The van der Waals surface area contributed by atoms with E-state index in [4.69, 9.17) is 9.47 Å². The van der Waals surface area contributed by atoms with E-state index in [1.54, 1.807) is 0 Å². The molecule has 0 bridgehead atoms. The first-order chi connectivity index (χ1) is 12.6. The lowest BCUT2D eigenvalue weighted by atomic mass is 10.1. The van der Waals surface area contributed by atoms with Crippen LogP contribution in [0.4, 0.5) is 0 Å². The van der Waals surface area contributed by atoms with Crippen molar-refractivity contribution in [3.05, 3.63) is 12.2 Å². The Morgan fingerprint density at radius 2 is 1.42 bits per heavy atom. The molecule has 0 saturated heterocycles. The number of hydrogen-bond acceptors (Lipinski definition) is 4. The van der Waals surface area contributed by atoms with E-state index >= 15 is 0 Å². The fraction of sp³-hybridized carbons (Fsp3) is 0.818. The summed E-state index contributed by atoms with van der Waals surface area (Å²) in [6, 6.07) is 0. The lowest BCUT2D eigenvalue weighted by Crippen LogP contribution is -2.13. The monoisotopic (exact) mass is 368 g/mol. The molecule has 0 saturated carbocycles. The van der Waals surface area contributed by atoms with Crippen molar-refractivity contribution in [3.63, 3.8) is 0 Å². The summed E-state index contributed by atoms with van der Waals surface area (Å²) < 4.78 is 10.3. The van der Waals surface area contributed by atoms with Crippen molar-refractivity contribution < 1.29 is 19.1 Å². The molecule has 1 atom stereocenters. The standard InChI is InChI=1S/C22H40O4/c1-4-5-6-7-8-9-11-14-17-22(26-21(3)24)18-15-12-10-13-16-19-25-20(2)23/h14,17,22H,4-13,15-16,18-19H2,1-3H3/b17-14+. The van der Waals surface area contributed by atoms with Crippen LogP contribution < -0.4 is 0 Å². The van der Waals surface area contributed by atoms with Gasteiger partial charge in [0.1, 0.15) is 6.10 Å². The number of allylic oxidation sites excluding steroid dienone is 1. The Hall–Kier alpha value is -1.32. The maximum Gasteiger partial charge on any atom is 0.303 e. The van der Waals surface area contributed by atoms with Gasteiger partial charge in [0.05, 0.1) is 6.61 Å². The van der Waals surface area contributed by atoms with Gasteiger partial charge in [-0.1, -0.05) is 64.4 Å². The van der Waals surface area contributed by atoms with Crippen molar-refractivity contribution >= 4 is 11.9 Å². The largest absolute Gasteiger partial charge is 0.466 e. The van der Waals surface area contributed by atoms with E-state index in [0.29, 0.717) is 6.61 Å². The van der Waals surface area contributed by atoms with Crippen molar-refractivity contribution in [3.8, 4) is 0 Å². The molecule has 0 fully saturated rings. The van der Waals surface area contributed by atoms with Crippen molar-refractivity contribution in [2.24, 2.45) is 0 Å². The SMILES string of the molecule is CCCCCCCC/C=C/C(CCCCCCCOC(C)=O)OC(C)=O. The van der Waals surface area contributed by atoms with Gasteiger partial charge in [-0.25, -0.2) is 0 Å². The summed E-state index contributed by atoms with van der Waals surface area (Å²) in [7, 11) is 0. The molecule has 4 nitrogen and oxygen atoms in total. The van der Waals surface area contributed by atoms with E-state index in [9.17, 15) is 9.59 Å². The minimum Gasteiger partial charge on any atom is -0.466 e. The molecule has 152 valence electrons. The highest BCUT2D eigenvalue weighted by Gasteiger charge is 2.07. The van der Waals surface area contributed by atoms with Crippen molar-refractivity contribution in [1.29, 1.82) is 0 Å². The molecule has 0 spiro atoms. The number of ether oxygens (including phenoxy) is 2. The van der Waals surface area contributed by atoms with E-state index in [0.717, 1.165) is 44.9 Å². The fourth-order valence-electron chi connectivity index (χ4n) is 2.89. The quantitative estimate of drug-likeness (QED) is 0.176. The van der Waals surface area contributed by atoms with Crippen LogP contribution in [-0.4, -0.2) is 24.6 Å². The zero-order valence-electron chi connectivity index (χ0n) is 17.3. The van der Waals surface area contributed by atoms with Gasteiger partial charge in [-0.3, -0.25) is 9.59 Å². The van der Waals surface area contributed by atoms with Gasteiger partial charge in [0.15, 0.2) is 0 Å². The van der Waals surface area contributed by atoms with E-state index in [1.165, 1.54) is 52.4 Å². The molecule has 0 N–H and O–H groups in total. The van der Waals surface area contributed by atoms with Crippen LogP contribution in [0.2, 0.25) is 0 Å². The number of esters is 2. The molecular formula is C22H40O4. The number of carbonyl (C=O) groups is 2. The van der Waals surface area contributed by atoms with Crippen LogP contribution >= 0.6 is 0 Å². The van der Waals surface area contributed by atoms with Crippen molar-refractivity contribution in [2.75, 3.05) is 6.61 Å². The summed E-state index contributed by atoms with van der Waals surface area (Å²) >= 11 is 0. The maximum atomic E-state index is 11.3. The molecule has 4 heteroatoms. The molecule has 0 aromatic heterocycles. The third kappa shape index (κ3) is 19.0. The van der Waals surface area contributed by atoms with E-state index in [1.807, 2.05) is 0 Å². The second-order valence-corrected chi connectivity index (χ2v) is 7.03. The Bertz CT molecular complexity index is 376. The van der Waals surface area contributed by atoms with Crippen LogP contribution in [0.15, 0.2) is 12.2 Å². The van der Waals surface area contributed by atoms with Crippen molar-refractivity contribution in [1.82, 2.24) is 0 Å². The molecule has 1 unspecified atom stereocenters. The highest BCUT2D eigenvalue weighted by molar-refractivity contribution is 5.66. The minimum atomic E-state index is -0.208. The summed E-state index contributed by atoms with van der Waals surface area (Å²) in [6.07, 6.45) is 19.2. The molecular weight excluding hydrogens is 328 g/mol. The lowest BCUT2D eigenvalue weighted by molar-refractivity contribution is -0.144. The van der Waals surface area contributed by atoms with Crippen molar-refractivity contribution in [2.45, 2.75) is 110 Å². The Kier molecular flexibility index (Phi) is 17.5. The van der Waals surface area contributed by atoms with Crippen LogP contribution in [0.3, 0.4) is 0 Å². The van der Waals surface area contributed by atoms with Crippen LogP contribution in [0.5, 0.6) is 0 Å². The first kappa shape index (κ1) is 24.7. The molecule has 0 radical (unpaired) electrons. The van der Waals surface area contributed by atoms with Gasteiger partial charge in [0.2, 0.25) is 0 Å². The Balaban J connectivity index is 3.76. The first-order valence-corrected chi connectivity index (χ1v) is 10.5. The predicted molar refractivity (Wildman–Crippen MR) is 107 cm³/mol. The summed E-state index contributed by atoms with van der Waals surface area (Å²) in [5, 5.41) is 0. The molecule has 0 rings (SSSR count). The molecule has 0 aromatic rings. The van der Waals surface area contributed by atoms with Gasteiger partial charge < -0.3 is 9.47 Å². The van der Waals surface area contributed by atoms with Gasteiger partial charge in [-0.05, 0) is 38.2 Å². The Morgan fingerprint density at radius 1 is 0.808 bits per heavy atom. The molecule has 0 aliphatic carbocycles. The maximum absolute atomic E-state index is 11.3. The van der Waals surface area contributed by atoms with Gasteiger partial charge >= 0.3 is 11.9 Å². The number of rotatable bonds is 17. The minimum absolute atomic E-state index is 0.0892. The van der Waals surface area contributed by atoms with E-state index in [2.05, 4.69) is 19.1 Å². The third-order valence-electron chi connectivity index (χ3n) is 4.33. The fourth-order valence-corrected chi connectivity index (χ4v) is 2.89. The second-order valence-electron chi connectivity index (χ2n) is 7.03. The smallest absolute Gasteiger partial charge is 0.303 e. The highest BCUT2D eigenvalue weighted by atomic mass is 16.5. The lowest BCUT2D eigenvalue weighted by Gasteiger charge is -2.13. The van der Waals surface area contributed by atoms with E-state index in [-0.39, 0.29) is 18.0 Å². The average Bonchev–Trinajstić information content (AvgIpc) is 2.58. The van der Waals surface area contributed by atoms with Gasteiger partial charge in [0, 0.05) is 13.8 Å².